The summed E-state index contributed by atoms with van der Waals surface area (Å²) in [6.07, 6.45) is 2.99. The van der Waals surface area contributed by atoms with Gasteiger partial charge in [0.2, 0.25) is 0 Å². The SMILES string of the molecule is C/C=C/C(=N\O)C1(C#N)CCN(C(=O)O)CC1. The number of nitrogens with zero attached hydrogens (tertiary/aromatic N) is 3. The highest BCUT2D eigenvalue weighted by Crippen LogP contribution is 2.33. The molecule has 0 aromatic heterocycles. The maximum Gasteiger partial charge on any atom is 0.407 e. The third kappa shape index (κ3) is 2.56. The monoisotopic (exact) mass is 237 g/mol. The van der Waals surface area contributed by atoms with Gasteiger partial charge in [-0.2, -0.15) is 5.26 Å². The zero-order valence-electron chi connectivity index (χ0n) is 9.63. The van der Waals surface area contributed by atoms with E-state index in [1.165, 1.54) is 4.90 Å². The fourth-order valence-electron chi connectivity index (χ4n) is 1.95. The topological polar surface area (TPSA) is 96.9 Å². The molecule has 0 atom stereocenters. The molecule has 1 aliphatic rings. The molecule has 6 heteroatoms. The van der Waals surface area contributed by atoms with Crippen LogP contribution in [0.15, 0.2) is 17.3 Å². The van der Waals surface area contributed by atoms with E-state index in [0.717, 1.165) is 0 Å². The van der Waals surface area contributed by atoms with E-state index in [1.807, 2.05) is 0 Å². The van der Waals surface area contributed by atoms with Crippen LogP contribution in [-0.4, -0.2) is 40.1 Å². The summed E-state index contributed by atoms with van der Waals surface area (Å²) in [6.45, 7) is 2.32. The van der Waals surface area contributed by atoms with Crippen molar-refractivity contribution in [1.29, 1.82) is 5.26 Å². The Bertz CT molecular complexity index is 387. The van der Waals surface area contributed by atoms with Gasteiger partial charge >= 0.3 is 6.09 Å². The Morgan fingerprint density at radius 3 is 2.47 bits per heavy atom. The Morgan fingerprint density at radius 2 is 2.12 bits per heavy atom. The molecule has 6 nitrogen and oxygen atoms in total. The van der Waals surface area contributed by atoms with Crippen molar-refractivity contribution in [3.63, 3.8) is 0 Å². The van der Waals surface area contributed by atoms with Crippen LogP contribution >= 0.6 is 0 Å². The highest BCUT2D eigenvalue weighted by molar-refractivity contribution is 6.01. The zero-order valence-corrected chi connectivity index (χ0v) is 9.63. The molecule has 1 fully saturated rings. The van der Waals surface area contributed by atoms with Crippen LogP contribution in [-0.2, 0) is 0 Å². The van der Waals surface area contributed by atoms with Gasteiger partial charge in [0.1, 0.15) is 5.41 Å². The van der Waals surface area contributed by atoms with Crippen molar-refractivity contribution in [2.45, 2.75) is 19.8 Å². The first-order valence-electron chi connectivity index (χ1n) is 5.34. The molecular formula is C11H15N3O3. The molecule has 0 bridgehead atoms. The minimum atomic E-state index is -0.981. The van der Waals surface area contributed by atoms with Gasteiger partial charge in [0.25, 0.3) is 0 Å². The number of likely N-dealkylation sites (tertiary alicyclic amines) is 1. The van der Waals surface area contributed by atoms with Crippen molar-refractivity contribution in [3.8, 4) is 6.07 Å². The number of hydrogen-bond acceptors (Lipinski definition) is 4. The maximum absolute atomic E-state index is 10.8. The fourth-order valence-corrected chi connectivity index (χ4v) is 1.95. The van der Waals surface area contributed by atoms with Gasteiger partial charge in [0.05, 0.1) is 11.8 Å². The molecule has 1 aliphatic heterocycles. The maximum atomic E-state index is 10.8. The van der Waals surface area contributed by atoms with Crippen LogP contribution in [0.2, 0.25) is 0 Å². The Labute approximate surface area is 99.4 Å². The number of allylic oxidation sites excluding steroid dienone is 2. The van der Waals surface area contributed by atoms with Crippen LogP contribution in [0.3, 0.4) is 0 Å². The number of rotatable bonds is 2. The summed E-state index contributed by atoms with van der Waals surface area (Å²) < 4.78 is 0. The first-order valence-corrected chi connectivity index (χ1v) is 5.34. The van der Waals surface area contributed by atoms with E-state index in [1.54, 1.807) is 19.1 Å². The Kier molecular flexibility index (Phi) is 4.10. The molecule has 0 aliphatic carbocycles. The van der Waals surface area contributed by atoms with Gasteiger partial charge < -0.3 is 15.2 Å². The minimum Gasteiger partial charge on any atom is -0.465 e. The molecule has 92 valence electrons. The molecule has 17 heavy (non-hydrogen) atoms. The summed E-state index contributed by atoms with van der Waals surface area (Å²) >= 11 is 0. The smallest absolute Gasteiger partial charge is 0.407 e. The molecule has 0 aromatic rings. The lowest BCUT2D eigenvalue weighted by molar-refractivity contribution is 0.123. The summed E-state index contributed by atoms with van der Waals surface area (Å²) in [4.78, 5) is 12.0. The summed E-state index contributed by atoms with van der Waals surface area (Å²) in [5.74, 6) is 0. The lowest BCUT2D eigenvalue weighted by atomic mass is 9.75. The average Bonchev–Trinajstić information content (AvgIpc) is 2.36. The van der Waals surface area contributed by atoms with Gasteiger partial charge in [0.15, 0.2) is 0 Å². The minimum absolute atomic E-state index is 0.277. The van der Waals surface area contributed by atoms with Gasteiger partial charge in [-0.15, -0.1) is 0 Å². The van der Waals surface area contributed by atoms with E-state index in [2.05, 4.69) is 11.2 Å². The fraction of sp³-hybridized carbons (Fsp3) is 0.545. The lowest BCUT2D eigenvalue weighted by Crippen LogP contribution is -2.45. The molecule has 2 N–H and O–H groups in total. The van der Waals surface area contributed by atoms with Crippen LogP contribution in [0.1, 0.15) is 19.8 Å². The molecule has 1 amide bonds. The van der Waals surface area contributed by atoms with Crippen molar-refractivity contribution < 1.29 is 15.1 Å². The predicted molar refractivity (Wildman–Crippen MR) is 60.9 cm³/mol. The number of oxime groups is 1. The standard InChI is InChI=1S/C11H15N3O3/c1-2-3-9(13-17)11(8-12)4-6-14(7-5-11)10(15)16/h2-3,17H,4-7H2,1H3,(H,15,16)/b3-2+,13-9+. The summed E-state index contributed by atoms with van der Waals surface area (Å²) in [5.41, 5.74) is -0.583. The third-order valence-corrected chi connectivity index (χ3v) is 3.02. The van der Waals surface area contributed by atoms with Gasteiger partial charge in [-0.05, 0) is 25.8 Å². The Balaban J connectivity index is 2.88. The Hall–Kier alpha value is -2.03. The molecule has 0 saturated carbocycles. The van der Waals surface area contributed by atoms with Gasteiger partial charge in [-0.1, -0.05) is 11.2 Å². The second-order valence-corrected chi connectivity index (χ2v) is 3.95. The molecule has 1 heterocycles. The number of carboxylic acid groups (broad SMARTS) is 1. The van der Waals surface area contributed by atoms with Crippen molar-refractivity contribution >= 4 is 11.8 Å². The van der Waals surface area contributed by atoms with Crippen LogP contribution in [0.5, 0.6) is 0 Å². The molecule has 0 radical (unpaired) electrons. The predicted octanol–water partition coefficient (Wildman–Crippen LogP) is 1.68. The Morgan fingerprint density at radius 1 is 1.53 bits per heavy atom. The van der Waals surface area contributed by atoms with E-state index in [9.17, 15) is 10.1 Å². The number of piperidine rings is 1. The summed E-state index contributed by atoms with van der Waals surface area (Å²) in [5, 5.41) is 30.2. The third-order valence-electron chi connectivity index (χ3n) is 3.02. The van der Waals surface area contributed by atoms with E-state index in [0.29, 0.717) is 18.6 Å². The number of carbonyl (C=O) groups is 1. The van der Waals surface area contributed by atoms with Gasteiger partial charge in [-0.3, -0.25) is 0 Å². The second kappa shape index (κ2) is 5.34. The van der Waals surface area contributed by atoms with E-state index in [4.69, 9.17) is 10.3 Å². The molecule has 0 unspecified atom stereocenters. The van der Waals surface area contributed by atoms with Crippen LogP contribution in [0.4, 0.5) is 4.79 Å². The van der Waals surface area contributed by atoms with Crippen LogP contribution in [0.25, 0.3) is 0 Å². The first kappa shape index (κ1) is 13.0. The second-order valence-electron chi connectivity index (χ2n) is 3.95. The van der Waals surface area contributed by atoms with Crippen molar-refractivity contribution in [2.75, 3.05) is 13.1 Å². The molecule has 0 aromatic carbocycles. The van der Waals surface area contributed by atoms with E-state index >= 15 is 0 Å². The molecule has 1 saturated heterocycles. The van der Waals surface area contributed by atoms with Crippen molar-refractivity contribution in [3.05, 3.63) is 12.2 Å². The van der Waals surface area contributed by atoms with Crippen molar-refractivity contribution in [2.24, 2.45) is 10.6 Å². The quantitative estimate of drug-likeness (QED) is 0.433. The van der Waals surface area contributed by atoms with E-state index in [-0.39, 0.29) is 13.1 Å². The number of amides is 1. The van der Waals surface area contributed by atoms with Crippen molar-refractivity contribution in [1.82, 2.24) is 4.90 Å². The molecule has 0 spiro atoms. The van der Waals surface area contributed by atoms with Crippen LogP contribution in [0, 0.1) is 16.7 Å². The lowest BCUT2D eigenvalue weighted by Gasteiger charge is -2.35. The average molecular weight is 237 g/mol. The molecule has 1 rings (SSSR count). The highest BCUT2D eigenvalue weighted by Gasteiger charge is 2.40. The first-order chi connectivity index (χ1) is 8.09. The summed E-state index contributed by atoms with van der Waals surface area (Å²) in [7, 11) is 0. The number of hydrogen-bond donors (Lipinski definition) is 2. The number of nitriles is 1. The summed E-state index contributed by atoms with van der Waals surface area (Å²) in [6, 6.07) is 2.15. The van der Waals surface area contributed by atoms with E-state index < -0.39 is 11.5 Å². The largest absolute Gasteiger partial charge is 0.465 e. The highest BCUT2D eigenvalue weighted by atomic mass is 16.4. The van der Waals surface area contributed by atoms with Gasteiger partial charge in [0, 0.05) is 13.1 Å². The zero-order chi connectivity index (χ0) is 12.9. The normalized spacial score (nSPS) is 20.2. The van der Waals surface area contributed by atoms with Gasteiger partial charge in [-0.25, -0.2) is 4.79 Å². The molecular weight excluding hydrogens is 222 g/mol. The van der Waals surface area contributed by atoms with Crippen LogP contribution < -0.4 is 0 Å².